The zero-order valence-corrected chi connectivity index (χ0v) is 26.2. The number of carbonyl (C=O) groups is 1. The van der Waals surface area contributed by atoms with E-state index < -0.39 is 5.60 Å². The first-order valence-electron chi connectivity index (χ1n) is 14.4. The minimum atomic E-state index is -0.553. The quantitative estimate of drug-likeness (QED) is 0.212. The molecule has 1 amide bonds. The van der Waals surface area contributed by atoms with Gasteiger partial charge in [0.1, 0.15) is 42.0 Å². The number of piperidine rings is 1. The van der Waals surface area contributed by atoms with Gasteiger partial charge in [-0.25, -0.2) is 19.2 Å². The maximum atomic E-state index is 13.2. The molecule has 2 atom stereocenters. The van der Waals surface area contributed by atoms with E-state index in [0.717, 1.165) is 10.9 Å². The van der Waals surface area contributed by atoms with Gasteiger partial charge in [-0.3, -0.25) is 0 Å². The molecule has 2 heterocycles. The highest BCUT2D eigenvalue weighted by Crippen LogP contribution is 2.37. The Kier molecular flexibility index (Phi) is 9.29. The summed E-state index contributed by atoms with van der Waals surface area (Å²) in [5.74, 6) is 1.87. The third kappa shape index (κ3) is 7.60. The number of ether oxygens (including phenoxy) is 4. The molecule has 0 bridgehead atoms. The number of carbonyl (C=O) groups excluding carboxylic acids is 1. The van der Waals surface area contributed by atoms with E-state index in [-0.39, 0.29) is 30.7 Å². The summed E-state index contributed by atoms with van der Waals surface area (Å²) in [5.41, 5.74) is 1.65. The van der Waals surface area contributed by atoms with E-state index in [2.05, 4.69) is 15.3 Å². The van der Waals surface area contributed by atoms with Crippen LogP contribution in [0.3, 0.4) is 0 Å². The highest BCUT2D eigenvalue weighted by Gasteiger charge is 2.33. The Morgan fingerprint density at radius 2 is 1.84 bits per heavy atom. The molecular formula is C33H36ClFN4O5. The van der Waals surface area contributed by atoms with Gasteiger partial charge in [-0.15, -0.1) is 0 Å². The molecule has 4 aromatic rings. The van der Waals surface area contributed by atoms with Gasteiger partial charge < -0.3 is 29.2 Å². The summed E-state index contributed by atoms with van der Waals surface area (Å²) in [6, 6.07) is 15.1. The summed E-state index contributed by atoms with van der Waals surface area (Å²) in [4.78, 5) is 23.3. The zero-order chi connectivity index (χ0) is 31.4. The lowest BCUT2D eigenvalue weighted by atomic mass is 10.0. The summed E-state index contributed by atoms with van der Waals surface area (Å²) in [5, 5.41) is 4.46. The number of hydrogen-bond acceptors (Lipinski definition) is 8. The molecule has 1 aromatic heterocycles. The van der Waals surface area contributed by atoms with Crippen molar-refractivity contribution in [2.24, 2.45) is 0 Å². The Morgan fingerprint density at radius 1 is 1.07 bits per heavy atom. The van der Waals surface area contributed by atoms with Crippen molar-refractivity contribution in [3.63, 3.8) is 0 Å². The molecule has 1 aliphatic heterocycles. The molecule has 1 N–H and O–H groups in total. The van der Waals surface area contributed by atoms with Gasteiger partial charge in [0, 0.05) is 42.6 Å². The van der Waals surface area contributed by atoms with E-state index in [9.17, 15) is 9.18 Å². The number of nitrogens with one attached hydrogen (secondary N) is 1. The Morgan fingerprint density at radius 3 is 2.52 bits per heavy atom. The number of anilines is 2. The number of likely N-dealkylation sites (tertiary alicyclic amines) is 1. The molecule has 0 saturated carbocycles. The summed E-state index contributed by atoms with van der Waals surface area (Å²) < 4.78 is 36.7. The van der Waals surface area contributed by atoms with E-state index in [4.69, 9.17) is 30.5 Å². The maximum Gasteiger partial charge on any atom is 0.410 e. The van der Waals surface area contributed by atoms with Crippen molar-refractivity contribution < 1.29 is 28.1 Å². The second kappa shape index (κ2) is 13.1. The topological polar surface area (TPSA) is 95.0 Å². The number of nitrogens with zero attached hydrogens (tertiary/aromatic N) is 3. The van der Waals surface area contributed by atoms with E-state index in [1.54, 1.807) is 36.3 Å². The number of methoxy groups -OCH3 is 1. The summed E-state index contributed by atoms with van der Waals surface area (Å²) >= 11 is 6.52. The normalized spacial score (nSPS) is 16.8. The third-order valence-corrected chi connectivity index (χ3v) is 7.47. The van der Waals surface area contributed by atoms with Gasteiger partial charge in [0.05, 0.1) is 17.6 Å². The van der Waals surface area contributed by atoms with Crippen LogP contribution in [0.4, 0.5) is 20.7 Å². The van der Waals surface area contributed by atoms with Crippen molar-refractivity contribution in [3.05, 3.63) is 77.3 Å². The lowest BCUT2D eigenvalue weighted by Crippen LogP contribution is -2.49. The van der Waals surface area contributed by atoms with Gasteiger partial charge in [0.15, 0.2) is 11.5 Å². The monoisotopic (exact) mass is 622 g/mol. The van der Waals surface area contributed by atoms with Gasteiger partial charge in [-0.1, -0.05) is 23.7 Å². The van der Waals surface area contributed by atoms with Crippen LogP contribution in [0.2, 0.25) is 5.02 Å². The number of aromatic nitrogens is 2. The smallest absolute Gasteiger partial charge is 0.410 e. The average molecular weight is 623 g/mol. The molecule has 2 unspecified atom stereocenters. The van der Waals surface area contributed by atoms with Gasteiger partial charge >= 0.3 is 6.09 Å². The fourth-order valence-corrected chi connectivity index (χ4v) is 5.23. The fraction of sp³-hybridized carbons (Fsp3) is 0.364. The molecule has 0 spiro atoms. The van der Waals surface area contributed by atoms with Crippen molar-refractivity contribution >= 4 is 40.1 Å². The molecule has 0 radical (unpaired) electrons. The summed E-state index contributed by atoms with van der Waals surface area (Å²) in [6.45, 7) is 8.36. The molecular weight excluding hydrogens is 587 g/mol. The molecule has 9 nitrogen and oxygen atoms in total. The first-order valence-corrected chi connectivity index (χ1v) is 14.8. The molecule has 1 aliphatic rings. The number of amides is 1. The van der Waals surface area contributed by atoms with Crippen LogP contribution in [0.15, 0.2) is 60.9 Å². The molecule has 232 valence electrons. The van der Waals surface area contributed by atoms with E-state index in [0.29, 0.717) is 58.7 Å². The summed E-state index contributed by atoms with van der Waals surface area (Å²) in [7, 11) is 1.59. The number of halogens is 2. The lowest BCUT2D eigenvalue weighted by molar-refractivity contribution is -0.00129. The van der Waals surface area contributed by atoms with Crippen LogP contribution in [0, 0.1) is 5.82 Å². The predicted octanol–water partition coefficient (Wildman–Crippen LogP) is 7.92. The maximum absolute atomic E-state index is 13.2. The van der Waals surface area contributed by atoms with Gasteiger partial charge in [0.25, 0.3) is 0 Å². The third-order valence-electron chi connectivity index (χ3n) is 7.17. The highest BCUT2D eigenvalue weighted by molar-refractivity contribution is 6.32. The molecule has 44 heavy (non-hydrogen) atoms. The SMILES string of the molecule is COc1cc2ncnc(Nc3ccc(OCc4ccc(F)cc4)c(Cl)c3)c2cc1OC1CCN(C(=O)OC(C)(C)C)C(C)C1. The molecule has 5 rings (SSSR count). The fourth-order valence-electron chi connectivity index (χ4n) is 5.00. The second-order valence-electron chi connectivity index (χ2n) is 11.7. The standard InChI is InChI=1S/C33H36ClFN4O5/c1-20-14-24(12-13-39(20)32(40)44-33(2,3)4)43-30-16-25-27(17-29(30)41-5)36-19-37-31(25)38-23-10-11-28(26(34)15-23)42-18-21-6-8-22(35)9-7-21/h6-11,15-17,19-20,24H,12-14,18H2,1-5H3,(H,36,37,38). The van der Waals surface area contributed by atoms with Crippen LogP contribution in [-0.4, -0.2) is 52.4 Å². The minimum absolute atomic E-state index is 0.0528. The van der Waals surface area contributed by atoms with Crippen molar-refractivity contribution in [3.8, 4) is 17.2 Å². The van der Waals surface area contributed by atoms with E-state index >= 15 is 0 Å². The van der Waals surface area contributed by atoms with Crippen LogP contribution in [0.25, 0.3) is 10.9 Å². The second-order valence-corrected chi connectivity index (χ2v) is 12.1. The number of rotatable bonds is 8. The molecule has 0 aliphatic carbocycles. The molecule has 11 heteroatoms. The van der Waals surface area contributed by atoms with Gasteiger partial charge in [-0.2, -0.15) is 0 Å². The van der Waals surface area contributed by atoms with Crippen LogP contribution < -0.4 is 19.5 Å². The molecule has 1 fully saturated rings. The van der Waals surface area contributed by atoms with Crippen molar-refractivity contribution in [1.82, 2.24) is 14.9 Å². The lowest BCUT2D eigenvalue weighted by Gasteiger charge is -2.38. The molecule has 3 aromatic carbocycles. The first kappa shape index (κ1) is 31.1. The Labute approximate surface area is 261 Å². The van der Waals surface area contributed by atoms with Gasteiger partial charge in [-0.05, 0) is 69.7 Å². The largest absolute Gasteiger partial charge is 0.493 e. The van der Waals surface area contributed by atoms with Gasteiger partial charge in [0.2, 0.25) is 0 Å². The number of hydrogen-bond donors (Lipinski definition) is 1. The molecule has 1 saturated heterocycles. The zero-order valence-electron chi connectivity index (χ0n) is 25.4. The number of fused-ring (bicyclic) bond motifs is 1. The average Bonchev–Trinajstić information content (AvgIpc) is 2.96. The van der Waals surface area contributed by atoms with Crippen molar-refractivity contribution in [1.29, 1.82) is 0 Å². The predicted molar refractivity (Wildman–Crippen MR) is 168 cm³/mol. The van der Waals surface area contributed by atoms with Crippen LogP contribution in [0.1, 0.15) is 46.1 Å². The Hall–Kier alpha value is -4.31. The van der Waals surface area contributed by atoms with Crippen LogP contribution in [0.5, 0.6) is 17.2 Å². The van der Waals surface area contributed by atoms with Crippen LogP contribution >= 0.6 is 11.6 Å². The van der Waals surface area contributed by atoms with Crippen molar-refractivity contribution in [2.75, 3.05) is 19.0 Å². The minimum Gasteiger partial charge on any atom is -0.493 e. The van der Waals surface area contributed by atoms with E-state index in [1.807, 2.05) is 45.9 Å². The first-order chi connectivity index (χ1) is 21.0. The number of benzene rings is 3. The highest BCUT2D eigenvalue weighted by atomic mass is 35.5. The van der Waals surface area contributed by atoms with E-state index in [1.165, 1.54) is 18.5 Å². The van der Waals surface area contributed by atoms with Crippen molar-refractivity contribution in [2.45, 2.75) is 64.9 Å². The summed E-state index contributed by atoms with van der Waals surface area (Å²) in [6.07, 6.45) is 2.32. The Balaban J connectivity index is 1.30. The Bertz CT molecular complexity index is 1630. The van der Waals surface area contributed by atoms with Crippen LogP contribution in [-0.2, 0) is 11.3 Å².